The lowest BCUT2D eigenvalue weighted by Crippen LogP contribution is -2.46. The van der Waals surface area contributed by atoms with Crippen molar-refractivity contribution in [3.63, 3.8) is 0 Å². The first-order chi connectivity index (χ1) is 7.83. The van der Waals surface area contributed by atoms with Gasteiger partial charge in [0.25, 0.3) is 5.91 Å². The van der Waals surface area contributed by atoms with Crippen LogP contribution in [0.4, 0.5) is 0 Å². The molecule has 1 aliphatic heterocycles. The molecule has 0 spiro atoms. The van der Waals surface area contributed by atoms with Crippen LogP contribution in [0.3, 0.4) is 0 Å². The van der Waals surface area contributed by atoms with Crippen LogP contribution >= 0.6 is 11.3 Å². The average Bonchev–Trinajstić information content (AvgIpc) is 2.78. The number of rotatable bonds is 3. The van der Waals surface area contributed by atoms with E-state index in [4.69, 9.17) is 4.74 Å². The maximum absolute atomic E-state index is 12.2. The minimum atomic E-state index is 0.0797. The van der Waals surface area contributed by atoms with Crippen LogP contribution < -0.4 is 5.32 Å². The molecule has 1 aromatic rings. The van der Waals surface area contributed by atoms with E-state index in [0.717, 1.165) is 31.9 Å². The molecule has 6 heteroatoms. The lowest BCUT2D eigenvalue weighted by molar-refractivity contribution is 0.0735. The molecule has 0 radical (unpaired) electrons. The van der Waals surface area contributed by atoms with E-state index in [1.807, 2.05) is 4.90 Å². The van der Waals surface area contributed by atoms with Crippen molar-refractivity contribution in [2.45, 2.75) is 6.61 Å². The van der Waals surface area contributed by atoms with Crippen LogP contribution in [0.5, 0.6) is 0 Å². The van der Waals surface area contributed by atoms with Gasteiger partial charge in [-0.15, -0.1) is 11.3 Å². The van der Waals surface area contributed by atoms with Crippen molar-refractivity contribution >= 4 is 17.2 Å². The van der Waals surface area contributed by atoms with Gasteiger partial charge in [0.15, 0.2) is 0 Å². The summed E-state index contributed by atoms with van der Waals surface area (Å²) >= 11 is 1.39. The topological polar surface area (TPSA) is 54.5 Å². The van der Waals surface area contributed by atoms with E-state index in [9.17, 15) is 4.79 Å². The Morgan fingerprint density at radius 3 is 3.06 bits per heavy atom. The highest BCUT2D eigenvalue weighted by molar-refractivity contribution is 7.11. The lowest BCUT2D eigenvalue weighted by Gasteiger charge is -2.27. The van der Waals surface area contributed by atoms with Gasteiger partial charge in [0.2, 0.25) is 0 Å². The summed E-state index contributed by atoms with van der Waals surface area (Å²) in [5, 5.41) is 3.22. The van der Waals surface area contributed by atoms with E-state index in [1.54, 1.807) is 12.6 Å². The summed E-state index contributed by atoms with van der Waals surface area (Å²) in [6.45, 7) is 3.66. The van der Waals surface area contributed by atoms with Crippen LogP contribution in [0.25, 0.3) is 0 Å². The average molecular weight is 241 g/mol. The van der Waals surface area contributed by atoms with Crippen molar-refractivity contribution in [2.75, 3.05) is 33.3 Å². The number of hydrogen-bond acceptors (Lipinski definition) is 5. The minimum absolute atomic E-state index is 0.0797. The number of nitrogens with one attached hydrogen (secondary N) is 1. The molecule has 1 amide bonds. The number of carbonyl (C=O) groups is 1. The molecule has 1 aliphatic rings. The first-order valence-electron chi connectivity index (χ1n) is 5.24. The zero-order chi connectivity index (χ0) is 11.4. The third-order valence-corrected chi connectivity index (χ3v) is 3.38. The highest BCUT2D eigenvalue weighted by Gasteiger charge is 2.22. The number of piperazine rings is 1. The summed E-state index contributed by atoms with van der Waals surface area (Å²) in [5.41, 5.74) is 2.44. The SMILES string of the molecule is COCc1ncsc1C(=O)N1CCNCC1. The molecule has 0 unspecified atom stereocenters. The van der Waals surface area contributed by atoms with Crippen LogP contribution in [0.15, 0.2) is 5.51 Å². The molecular formula is C10H15N3O2S. The first kappa shape index (κ1) is 11.5. The minimum Gasteiger partial charge on any atom is -0.378 e. The molecule has 1 saturated heterocycles. The number of nitrogens with zero attached hydrogens (tertiary/aromatic N) is 2. The number of thiazole rings is 1. The maximum Gasteiger partial charge on any atom is 0.266 e. The number of ether oxygens (including phenoxy) is 1. The number of amides is 1. The Balaban J connectivity index is 2.09. The van der Waals surface area contributed by atoms with Gasteiger partial charge in [-0.05, 0) is 0 Å². The van der Waals surface area contributed by atoms with Gasteiger partial charge in [-0.3, -0.25) is 4.79 Å². The summed E-state index contributed by atoms with van der Waals surface area (Å²) in [6, 6.07) is 0. The number of methoxy groups -OCH3 is 1. The summed E-state index contributed by atoms with van der Waals surface area (Å²) in [4.78, 5) is 18.9. The van der Waals surface area contributed by atoms with E-state index in [1.165, 1.54) is 11.3 Å². The van der Waals surface area contributed by atoms with Gasteiger partial charge in [-0.25, -0.2) is 4.98 Å². The van der Waals surface area contributed by atoms with E-state index < -0.39 is 0 Å². The monoisotopic (exact) mass is 241 g/mol. The second-order valence-corrected chi connectivity index (χ2v) is 4.46. The Kier molecular flexibility index (Phi) is 3.87. The van der Waals surface area contributed by atoms with Gasteiger partial charge in [-0.2, -0.15) is 0 Å². The van der Waals surface area contributed by atoms with Crippen LogP contribution in [0.1, 0.15) is 15.4 Å². The Bertz CT molecular complexity index is 361. The van der Waals surface area contributed by atoms with E-state index in [2.05, 4.69) is 10.3 Å². The third kappa shape index (κ3) is 2.40. The summed E-state index contributed by atoms with van der Waals surface area (Å²) in [5.74, 6) is 0.0797. The van der Waals surface area contributed by atoms with E-state index >= 15 is 0 Å². The van der Waals surface area contributed by atoms with Gasteiger partial charge in [0.05, 0.1) is 17.8 Å². The molecule has 2 heterocycles. The summed E-state index contributed by atoms with van der Waals surface area (Å²) in [7, 11) is 1.61. The van der Waals surface area contributed by atoms with E-state index in [-0.39, 0.29) is 5.91 Å². The highest BCUT2D eigenvalue weighted by Crippen LogP contribution is 2.17. The van der Waals surface area contributed by atoms with Gasteiger partial charge in [0, 0.05) is 33.3 Å². The molecule has 0 bridgehead atoms. The van der Waals surface area contributed by atoms with Crippen LogP contribution in [-0.4, -0.2) is 49.1 Å². The zero-order valence-electron chi connectivity index (χ0n) is 9.23. The second-order valence-electron chi connectivity index (χ2n) is 3.60. The molecule has 5 nitrogen and oxygen atoms in total. The van der Waals surface area contributed by atoms with Gasteiger partial charge in [0.1, 0.15) is 4.88 Å². The number of hydrogen-bond donors (Lipinski definition) is 1. The Hall–Kier alpha value is -0.980. The van der Waals surface area contributed by atoms with E-state index in [0.29, 0.717) is 11.5 Å². The molecule has 16 heavy (non-hydrogen) atoms. The Labute approximate surface area is 98.4 Å². The molecule has 1 N–H and O–H groups in total. The Morgan fingerprint density at radius 2 is 2.38 bits per heavy atom. The maximum atomic E-state index is 12.2. The van der Waals surface area contributed by atoms with Crippen molar-refractivity contribution in [1.29, 1.82) is 0 Å². The molecule has 0 aliphatic carbocycles. The molecule has 0 saturated carbocycles. The van der Waals surface area contributed by atoms with Crippen molar-refractivity contribution in [3.05, 3.63) is 16.1 Å². The second kappa shape index (κ2) is 5.38. The fraction of sp³-hybridized carbons (Fsp3) is 0.600. The van der Waals surface area contributed by atoms with Crippen molar-refractivity contribution in [1.82, 2.24) is 15.2 Å². The molecule has 1 aromatic heterocycles. The predicted octanol–water partition coefficient (Wildman–Crippen LogP) is 0.335. The van der Waals surface area contributed by atoms with Crippen molar-refractivity contribution in [3.8, 4) is 0 Å². The van der Waals surface area contributed by atoms with Gasteiger partial charge < -0.3 is 15.0 Å². The van der Waals surface area contributed by atoms with Crippen LogP contribution in [-0.2, 0) is 11.3 Å². The normalized spacial score (nSPS) is 16.4. The predicted molar refractivity (Wildman–Crippen MR) is 61.6 cm³/mol. The Morgan fingerprint density at radius 1 is 1.62 bits per heavy atom. The molecule has 1 fully saturated rings. The highest BCUT2D eigenvalue weighted by atomic mass is 32.1. The standard InChI is InChI=1S/C10H15N3O2S/c1-15-6-8-9(16-7-12-8)10(14)13-4-2-11-3-5-13/h7,11H,2-6H2,1H3. The zero-order valence-corrected chi connectivity index (χ0v) is 10.0. The van der Waals surface area contributed by atoms with Gasteiger partial charge >= 0.3 is 0 Å². The quantitative estimate of drug-likeness (QED) is 0.829. The first-order valence-corrected chi connectivity index (χ1v) is 6.12. The van der Waals surface area contributed by atoms with Crippen molar-refractivity contribution < 1.29 is 9.53 Å². The van der Waals surface area contributed by atoms with Crippen molar-refractivity contribution in [2.24, 2.45) is 0 Å². The van der Waals surface area contributed by atoms with Gasteiger partial charge in [-0.1, -0.05) is 0 Å². The molecule has 0 aromatic carbocycles. The molecule has 0 atom stereocenters. The number of carbonyl (C=O) groups excluding carboxylic acids is 1. The summed E-state index contributed by atoms with van der Waals surface area (Å²) in [6.07, 6.45) is 0. The third-order valence-electron chi connectivity index (χ3n) is 2.52. The molecule has 88 valence electrons. The fourth-order valence-corrected chi connectivity index (χ4v) is 2.46. The van der Waals surface area contributed by atoms with Crippen LogP contribution in [0.2, 0.25) is 0 Å². The lowest BCUT2D eigenvalue weighted by atomic mass is 10.3. The largest absolute Gasteiger partial charge is 0.378 e. The van der Waals surface area contributed by atoms with Crippen LogP contribution in [0, 0.1) is 0 Å². The molecule has 2 rings (SSSR count). The fourth-order valence-electron chi connectivity index (χ4n) is 1.69. The smallest absolute Gasteiger partial charge is 0.266 e. The molecular weight excluding hydrogens is 226 g/mol. The number of aromatic nitrogens is 1. The summed E-state index contributed by atoms with van der Waals surface area (Å²) < 4.78 is 5.03.